The molecule has 0 saturated heterocycles. The highest BCUT2D eigenvalue weighted by Crippen LogP contribution is 2.31. The molecule has 3 rings (SSSR count). The van der Waals surface area contributed by atoms with Gasteiger partial charge in [-0.1, -0.05) is 42.5 Å². The Labute approximate surface area is 180 Å². The van der Waals surface area contributed by atoms with Crippen LogP contribution in [-0.2, 0) is 19.4 Å². The Kier molecular flexibility index (Phi) is 7.26. The number of nitrogens with zero attached hydrogens (tertiary/aromatic N) is 2. The van der Waals surface area contributed by atoms with Crippen LogP contribution in [0, 0.1) is 0 Å². The summed E-state index contributed by atoms with van der Waals surface area (Å²) in [5.74, 6) is -0.574. The number of nitrogens with one attached hydrogen (secondary N) is 1. The fraction of sp³-hybridized carbons (Fsp3) is 0.261. The molecule has 1 amide bonds. The first-order valence-corrected chi connectivity index (χ1v) is 9.84. The smallest absolute Gasteiger partial charge is 0.274 e. The van der Waals surface area contributed by atoms with Crippen molar-refractivity contribution in [1.82, 2.24) is 15.3 Å². The van der Waals surface area contributed by atoms with Crippen molar-refractivity contribution in [3.8, 4) is 23.1 Å². The van der Waals surface area contributed by atoms with Gasteiger partial charge in [-0.2, -0.15) is 4.98 Å². The number of ether oxygens (including phenoxy) is 2. The van der Waals surface area contributed by atoms with E-state index in [9.17, 15) is 15.0 Å². The van der Waals surface area contributed by atoms with Crippen LogP contribution in [0.4, 0.5) is 0 Å². The zero-order valence-corrected chi connectivity index (χ0v) is 17.5. The van der Waals surface area contributed by atoms with Gasteiger partial charge in [0.25, 0.3) is 11.8 Å². The Hall–Kier alpha value is -3.81. The van der Waals surface area contributed by atoms with Crippen LogP contribution in [0.15, 0.2) is 48.5 Å². The maximum atomic E-state index is 12.6. The molecule has 8 nitrogen and oxygen atoms in total. The predicted octanol–water partition coefficient (Wildman–Crippen LogP) is 3.01. The summed E-state index contributed by atoms with van der Waals surface area (Å²) >= 11 is 0. The predicted molar refractivity (Wildman–Crippen MR) is 115 cm³/mol. The minimum absolute atomic E-state index is 0.118. The molecule has 0 spiro atoms. The van der Waals surface area contributed by atoms with Crippen molar-refractivity contribution in [3.05, 3.63) is 71.2 Å². The van der Waals surface area contributed by atoms with Crippen molar-refractivity contribution in [1.29, 1.82) is 0 Å². The molecule has 0 unspecified atom stereocenters. The highest BCUT2D eigenvalue weighted by Gasteiger charge is 2.20. The van der Waals surface area contributed by atoms with Crippen molar-refractivity contribution < 1.29 is 24.5 Å². The van der Waals surface area contributed by atoms with Gasteiger partial charge in [0.05, 0.1) is 14.2 Å². The van der Waals surface area contributed by atoms with Gasteiger partial charge in [0.15, 0.2) is 17.2 Å². The average Bonchev–Trinajstić information content (AvgIpc) is 2.79. The van der Waals surface area contributed by atoms with E-state index in [1.165, 1.54) is 19.8 Å². The van der Waals surface area contributed by atoms with Gasteiger partial charge in [-0.3, -0.25) is 4.79 Å². The van der Waals surface area contributed by atoms with Crippen molar-refractivity contribution >= 4 is 5.91 Å². The molecule has 3 N–H and O–H groups in total. The van der Waals surface area contributed by atoms with Crippen molar-refractivity contribution in [2.24, 2.45) is 0 Å². The van der Waals surface area contributed by atoms with Gasteiger partial charge in [-0.25, -0.2) is 4.98 Å². The third kappa shape index (κ3) is 5.42. The molecule has 0 radical (unpaired) electrons. The molecule has 0 bridgehead atoms. The van der Waals surface area contributed by atoms with E-state index < -0.39 is 17.5 Å². The van der Waals surface area contributed by atoms with Crippen LogP contribution in [0.25, 0.3) is 0 Å². The van der Waals surface area contributed by atoms with Crippen LogP contribution in [-0.4, -0.2) is 40.3 Å². The molecule has 2 aromatic carbocycles. The van der Waals surface area contributed by atoms with Crippen LogP contribution in [0.5, 0.6) is 23.1 Å². The first-order chi connectivity index (χ1) is 15.0. The van der Waals surface area contributed by atoms with Gasteiger partial charge in [-0.05, 0) is 24.5 Å². The van der Waals surface area contributed by atoms with Gasteiger partial charge >= 0.3 is 0 Å². The number of carbonyl (C=O) groups excluding carboxylic acids is 1. The van der Waals surface area contributed by atoms with Crippen molar-refractivity contribution in [3.63, 3.8) is 0 Å². The minimum atomic E-state index is -0.651. The molecule has 0 saturated carbocycles. The lowest BCUT2D eigenvalue weighted by atomic mass is 10.1. The van der Waals surface area contributed by atoms with Crippen LogP contribution in [0.1, 0.15) is 33.9 Å². The van der Waals surface area contributed by atoms with E-state index in [0.717, 1.165) is 12.8 Å². The lowest BCUT2D eigenvalue weighted by Crippen LogP contribution is -2.25. The summed E-state index contributed by atoms with van der Waals surface area (Å²) in [5.41, 5.74) is 1.59. The summed E-state index contributed by atoms with van der Waals surface area (Å²) in [7, 11) is 3.04. The summed E-state index contributed by atoms with van der Waals surface area (Å²) in [4.78, 5) is 20.7. The number of amides is 1. The van der Waals surface area contributed by atoms with Crippen LogP contribution in [0.3, 0.4) is 0 Å². The number of methoxy groups -OCH3 is 2. The molecule has 0 fully saturated rings. The topological polar surface area (TPSA) is 114 Å². The maximum absolute atomic E-state index is 12.6. The number of rotatable bonds is 9. The Morgan fingerprint density at radius 1 is 0.968 bits per heavy atom. The minimum Gasteiger partial charge on any atom is -0.501 e. The molecule has 0 aliphatic heterocycles. The summed E-state index contributed by atoms with van der Waals surface area (Å²) in [6, 6.07) is 15.3. The van der Waals surface area contributed by atoms with Crippen molar-refractivity contribution in [2.75, 3.05) is 14.2 Å². The second-order valence-corrected chi connectivity index (χ2v) is 6.84. The summed E-state index contributed by atoms with van der Waals surface area (Å²) in [5, 5.41) is 22.7. The molecule has 0 aliphatic rings. The quantitative estimate of drug-likeness (QED) is 0.485. The molecular formula is C23H25N3O5. The monoisotopic (exact) mass is 423 g/mol. The second kappa shape index (κ2) is 10.3. The Morgan fingerprint density at radius 3 is 2.45 bits per heavy atom. The van der Waals surface area contributed by atoms with E-state index in [4.69, 9.17) is 9.47 Å². The zero-order valence-electron chi connectivity index (χ0n) is 17.5. The molecule has 1 aromatic heterocycles. The van der Waals surface area contributed by atoms with Crippen LogP contribution in [0.2, 0.25) is 0 Å². The van der Waals surface area contributed by atoms with Crippen LogP contribution >= 0.6 is 0 Å². The SMILES string of the molecule is COc1cccc(CNC(=O)c2nc(CCCc3ccccc3)nc(O)c2O)c1OC. The number of aromatic hydroxyl groups is 2. The van der Waals surface area contributed by atoms with Gasteiger partial charge in [0, 0.05) is 18.5 Å². The van der Waals surface area contributed by atoms with Gasteiger partial charge in [0.1, 0.15) is 5.82 Å². The molecule has 162 valence electrons. The number of carbonyl (C=O) groups is 1. The number of hydrogen-bond donors (Lipinski definition) is 3. The second-order valence-electron chi connectivity index (χ2n) is 6.84. The Bertz CT molecular complexity index is 1040. The maximum Gasteiger partial charge on any atom is 0.274 e. The van der Waals surface area contributed by atoms with Gasteiger partial charge in [-0.15, -0.1) is 0 Å². The van der Waals surface area contributed by atoms with E-state index in [1.807, 2.05) is 30.3 Å². The number of aryl methyl sites for hydroxylation is 2. The highest BCUT2D eigenvalue weighted by atomic mass is 16.5. The first-order valence-electron chi connectivity index (χ1n) is 9.84. The standard InChI is InChI=1S/C23H25N3O5/c1-30-17-12-7-11-16(21(17)31-2)14-24-22(28)19-20(27)23(29)26-18(25-19)13-6-10-15-8-4-3-5-9-15/h3-5,7-9,11-12,27H,6,10,13-14H2,1-2H3,(H,24,28)(H,25,26,29). The van der Waals surface area contributed by atoms with E-state index in [-0.39, 0.29) is 18.1 Å². The molecule has 31 heavy (non-hydrogen) atoms. The Balaban J connectivity index is 1.69. The number of benzene rings is 2. The van der Waals surface area contributed by atoms with Gasteiger partial charge in [0.2, 0.25) is 5.75 Å². The lowest BCUT2D eigenvalue weighted by molar-refractivity contribution is 0.0941. The number of hydrogen-bond acceptors (Lipinski definition) is 7. The normalized spacial score (nSPS) is 10.5. The molecular weight excluding hydrogens is 398 g/mol. The highest BCUT2D eigenvalue weighted by molar-refractivity contribution is 5.95. The summed E-state index contributed by atoms with van der Waals surface area (Å²) in [6.45, 7) is 0.118. The largest absolute Gasteiger partial charge is 0.501 e. The summed E-state index contributed by atoms with van der Waals surface area (Å²) < 4.78 is 10.6. The number of aromatic nitrogens is 2. The molecule has 0 aliphatic carbocycles. The number of para-hydroxylation sites is 1. The van der Waals surface area contributed by atoms with Crippen molar-refractivity contribution in [2.45, 2.75) is 25.8 Å². The fourth-order valence-electron chi connectivity index (χ4n) is 3.21. The fourth-order valence-corrected chi connectivity index (χ4v) is 3.21. The van der Waals surface area contributed by atoms with Gasteiger partial charge < -0.3 is 25.0 Å². The zero-order chi connectivity index (χ0) is 22.2. The van der Waals surface area contributed by atoms with E-state index >= 15 is 0 Å². The molecule has 8 heteroatoms. The molecule has 3 aromatic rings. The molecule has 0 atom stereocenters. The summed E-state index contributed by atoms with van der Waals surface area (Å²) in [6.07, 6.45) is 1.99. The van der Waals surface area contributed by atoms with E-state index in [1.54, 1.807) is 18.2 Å². The Morgan fingerprint density at radius 2 is 1.74 bits per heavy atom. The average molecular weight is 423 g/mol. The molecule has 1 heterocycles. The van der Waals surface area contributed by atoms with E-state index in [2.05, 4.69) is 15.3 Å². The third-order valence-corrected chi connectivity index (χ3v) is 4.76. The third-order valence-electron chi connectivity index (χ3n) is 4.76. The first kappa shape index (κ1) is 21.9. The lowest BCUT2D eigenvalue weighted by Gasteiger charge is -2.13. The van der Waals surface area contributed by atoms with Crippen LogP contribution < -0.4 is 14.8 Å². The van der Waals surface area contributed by atoms with E-state index in [0.29, 0.717) is 23.5 Å².